The van der Waals surface area contributed by atoms with Crippen molar-refractivity contribution >= 4 is 47.2 Å². The molecule has 1 saturated carbocycles. The van der Waals surface area contributed by atoms with Crippen LogP contribution in [-0.4, -0.2) is 73.5 Å². The second-order valence-corrected chi connectivity index (χ2v) is 8.28. The van der Waals surface area contributed by atoms with Gasteiger partial charge in [-0.05, 0) is 32.5 Å². The van der Waals surface area contributed by atoms with Crippen LogP contribution in [0.4, 0.5) is 0 Å². The average Bonchev–Trinajstić information content (AvgIpc) is 2.76. The number of Topliss-reactive ketones (excluding diaryl/α,β-unsaturated/α-hetero) is 2. The summed E-state index contributed by atoms with van der Waals surface area (Å²) in [6.45, 7) is -7.12. The van der Waals surface area contributed by atoms with Gasteiger partial charge in [-0.3, -0.25) is 19.3 Å². The molecule has 0 bridgehead atoms. The lowest BCUT2D eigenvalue weighted by atomic mass is 9.57. The lowest BCUT2D eigenvalue weighted by Crippen LogP contribution is -2.66. The number of rotatable bonds is 2. The van der Waals surface area contributed by atoms with E-state index in [-0.39, 0.29) is 27.9 Å². The summed E-state index contributed by atoms with van der Waals surface area (Å²) in [5.41, 5.74) is -0.966. The van der Waals surface area contributed by atoms with E-state index in [0.29, 0.717) is 0 Å². The third-order valence-corrected chi connectivity index (χ3v) is 6.69. The molecule has 0 heterocycles. The van der Waals surface area contributed by atoms with Crippen molar-refractivity contribution < 1.29 is 48.1 Å². The highest BCUT2D eigenvalue weighted by atomic mass is 35.5. The number of nitrogens with two attached hydrogens (primary N) is 1. The molecular formula is C21H22Cl2N2O8. The zero-order chi connectivity index (χ0) is 28.9. The lowest BCUT2D eigenvalue weighted by molar-refractivity contribution is -0.155. The summed E-state index contributed by atoms with van der Waals surface area (Å²) < 4.78 is 46.6. The number of fused-ring (bicyclic) bond motifs is 3. The number of aromatic hydroxyl groups is 1. The first-order valence-electron chi connectivity index (χ1n) is 12.2. The molecule has 1 amide bonds. The van der Waals surface area contributed by atoms with Crippen LogP contribution in [0.1, 0.15) is 31.9 Å². The number of benzene rings is 1. The van der Waals surface area contributed by atoms with Crippen molar-refractivity contribution in [2.75, 3.05) is 14.0 Å². The minimum atomic E-state index is -3.56. The van der Waals surface area contributed by atoms with Crippen molar-refractivity contribution in [3.63, 3.8) is 0 Å². The first-order chi connectivity index (χ1) is 17.3. The van der Waals surface area contributed by atoms with Gasteiger partial charge in [0.15, 0.2) is 11.4 Å². The molecule has 3 aliphatic rings. The van der Waals surface area contributed by atoms with Gasteiger partial charge in [0.2, 0.25) is 5.78 Å². The summed E-state index contributed by atoms with van der Waals surface area (Å²) in [6.07, 6.45) is -2.54. The number of amides is 1. The van der Waals surface area contributed by atoms with E-state index < -0.39 is 101 Å². The molecule has 0 unspecified atom stereocenters. The summed E-state index contributed by atoms with van der Waals surface area (Å²) in [5, 5.41) is 54.7. The quantitative estimate of drug-likeness (QED) is 0.245. The average molecular weight is 509 g/mol. The Morgan fingerprint density at radius 2 is 1.91 bits per heavy atom. The van der Waals surface area contributed by atoms with E-state index in [1.165, 1.54) is 6.07 Å². The zero-order valence-corrected chi connectivity index (χ0v) is 18.0. The van der Waals surface area contributed by atoms with Crippen LogP contribution in [0.3, 0.4) is 0 Å². The number of hydrogen-bond donors (Lipinski definition) is 6. The fraction of sp³-hybridized carbons (Fsp3) is 0.381. The van der Waals surface area contributed by atoms with Crippen molar-refractivity contribution in [1.29, 1.82) is 0 Å². The number of aliphatic hydroxyl groups excluding tert-OH is 3. The van der Waals surface area contributed by atoms with E-state index in [0.717, 1.165) is 6.07 Å². The number of ketones is 2. The fourth-order valence-electron chi connectivity index (χ4n) is 4.94. The molecule has 178 valence electrons. The van der Waals surface area contributed by atoms with E-state index in [1.807, 2.05) is 0 Å². The monoisotopic (exact) mass is 508 g/mol. The number of primary amides is 1. The molecule has 1 fully saturated rings. The van der Waals surface area contributed by atoms with Gasteiger partial charge in [0.05, 0.1) is 17.7 Å². The summed E-state index contributed by atoms with van der Waals surface area (Å²) >= 11 is 6.16. The van der Waals surface area contributed by atoms with Gasteiger partial charge in [-0.2, -0.15) is 0 Å². The van der Waals surface area contributed by atoms with Crippen LogP contribution in [0.5, 0.6) is 5.75 Å². The predicted octanol–water partition coefficient (Wildman–Crippen LogP) is 0.530. The Morgan fingerprint density at radius 1 is 1.27 bits per heavy atom. The fourth-order valence-corrected chi connectivity index (χ4v) is 5.21. The van der Waals surface area contributed by atoms with E-state index in [2.05, 4.69) is 0 Å². The second kappa shape index (κ2) is 8.00. The maximum atomic E-state index is 13.8. The number of carbonyl (C=O) groups excluding carboxylic acids is 3. The number of hydrogen-bond acceptors (Lipinski definition) is 9. The molecule has 1 aromatic carbocycles. The largest absolute Gasteiger partial charge is 0.508 e. The van der Waals surface area contributed by atoms with E-state index in [1.54, 1.807) is 0 Å². The van der Waals surface area contributed by atoms with Gasteiger partial charge < -0.3 is 31.3 Å². The van der Waals surface area contributed by atoms with Crippen LogP contribution in [0, 0.1) is 11.8 Å². The number of phenolic OH excluding ortho intramolecular Hbond substituents is 1. The van der Waals surface area contributed by atoms with E-state index in [9.17, 15) is 39.9 Å². The molecule has 12 heteroatoms. The number of halogens is 2. The first-order valence-corrected chi connectivity index (χ1v) is 9.62. The molecule has 1 aromatic rings. The van der Waals surface area contributed by atoms with Gasteiger partial charge >= 0.3 is 0 Å². The third-order valence-electron chi connectivity index (χ3n) is 6.36. The minimum Gasteiger partial charge on any atom is -0.508 e. The van der Waals surface area contributed by atoms with Crippen LogP contribution >= 0.6 is 24.0 Å². The Balaban J connectivity index is 0.00000420. The van der Waals surface area contributed by atoms with Crippen molar-refractivity contribution in [2.24, 2.45) is 17.6 Å². The molecule has 0 aromatic heterocycles. The van der Waals surface area contributed by atoms with Crippen molar-refractivity contribution in [3.05, 3.63) is 45.2 Å². The molecule has 0 radical (unpaired) electrons. The second-order valence-electron chi connectivity index (χ2n) is 7.87. The van der Waals surface area contributed by atoms with Gasteiger partial charge in [-0.1, -0.05) is 11.6 Å². The summed E-state index contributed by atoms with van der Waals surface area (Å²) in [7, 11) is 0. The Kier molecular flexibility index (Phi) is 4.31. The Labute approximate surface area is 207 Å². The number of likely N-dealkylation sites (N-methyl/N-ethyl adjacent to an activating group) is 1. The minimum absolute atomic E-state index is 0. The number of phenols is 1. The highest BCUT2D eigenvalue weighted by molar-refractivity contribution is 6.32. The van der Waals surface area contributed by atoms with Gasteiger partial charge in [-0.25, -0.2) is 0 Å². The summed E-state index contributed by atoms with van der Waals surface area (Å²) in [5.74, 6) is -11.6. The van der Waals surface area contributed by atoms with Crippen molar-refractivity contribution in [1.82, 2.24) is 4.90 Å². The molecule has 0 aliphatic heterocycles. The molecule has 0 saturated heterocycles. The van der Waals surface area contributed by atoms with E-state index >= 15 is 0 Å². The molecule has 33 heavy (non-hydrogen) atoms. The topological polar surface area (TPSA) is 182 Å². The summed E-state index contributed by atoms with van der Waals surface area (Å²) in [6, 6.07) is -0.207. The van der Waals surface area contributed by atoms with Crippen LogP contribution in [0.25, 0.3) is 5.76 Å². The molecular weight excluding hydrogens is 481 g/mol. The smallest absolute Gasteiger partial charge is 0.255 e. The molecule has 7 N–H and O–H groups in total. The standard InChI is InChI=1S/C21H21ClN2O8.ClH/c1-24(2)14-7-5-6-10(16(27)12-9(25)4-3-8(22)11(12)15(6)26)18(29)21(7,32)19(30)13(17(14)28)20(23)31;/h3-4,6-7,14-15,25-27,30,32H,5H2,1-2H3,(H2,23,31);1H/t6-,7-,14-,15-,21-;/m0./s1/i1+1D3,2+1D3;. The molecule has 4 rings (SSSR count). The first kappa shape index (κ1) is 17.8. The highest BCUT2D eigenvalue weighted by Crippen LogP contribution is 2.56. The Bertz CT molecular complexity index is 1350. The molecule has 10 nitrogen and oxygen atoms in total. The lowest BCUT2D eigenvalue weighted by Gasteiger charge is -2.51. The molecule has 3 aliphatic carbocycles. The highest BCUT2D eigenvalue weighted by Gasteiger charge is 2.65. The Morgan fingerprint density at radius 3 is 2.48 bits per heavy atom. The van der Waals surface area contributed by atoms with Crippen molar-refractivity contribution in [3.8, 4) is 5.75 Å². The zero-order valence-electron chi connectivity index (χ0n) is 22.4. The SMILES string of the molecule is Cl.[2H][13C]([2H])([2H])N([C@@H]1C(=O)C(C(N)=O)=C(O)[C@@]2(O)C(=O)C3=C(O)c4c(O)ccc(Cl)c4[C@@H](O)[C@H]3C[C@@H]12)[13C]([2H])([2H])[2H]. The van der Waals surface area contributed by atoms with Gasteiger partial charge in [0.25, 0.3) is 5.91 Å². The van der Waals surface area contributed by atoms with E-state index in [4.69, 9.17) is 25.6 Å². The van der Waals surface area contributed by atoms with Gasteiger partial charge in [0.1, 0.15) is 22.8 Å². The number of nitrogens with zero attached hydrogens (tertiary/aromatic N) is 1. The number of aliphatic hydroxyl groups is 4. The predicted molar refractivity (Wildman–Crippen MR) is 118 cm³/mol. The molecule has 5 atom stereocenters. The van der Waals surface area contributed by atoms with Gasteiger partial charge in [0, 0.05) is 36.2 Å². The van der Waals surface area contributed by atoms with Crippen LogP contribution in [0.15, 0.2) is 29.0 Å². The maximum absolute atomic E-state index is 13.8. The Hall–Kier alpha value is -2.63. The third kappa shape index (κ3) is 3.09. The van der Waals surface area contributed by atoms with Crippen LogP contribution < -0.4 is 5.73 Å². The van der Waals surface area contributed by atoms with Crippen molar-refractivity contribution in [2.45, 2.75) is 24.2 Å². The normalized spacial score (nSPS) is 34.5. The summed E-state index contributed by atoms with van der Waals surface area (Å²) in [4.78, 5) is 39.0. The number of carbonyl (C=O) groups is 3. The van der Waals surface area contributed by atoms with Crippen LogP contribution in [-0.2, 0) is 14.4 Å². The van der Waals surface area contributed by atoms with Crippen LogP contribution in [0.2, 0.25) is 5.02 Å². The maximum Gasteiger partial charge on any atom is 0.255 e. The molecule has 0 spiro atoms. The van der Waals surface area contributed by atoms with Gasteiger partial charge in [-0.15, -0.1) is 12.4 Å².